The maximum Gasteiger partial charge on any atom is 0.262 e. The van der Waals surface area contributed by atoms with Gasteiger partial charge in [-0.15, -0.1) is 0 Å². The van der Waals surface area contributed by atoms with Crippen LogP contribution in [0.3, 0.4) is 0 Å². The number of nitrogens with one attached hydrogen (secondary N) is 2. The fourth-order valence-corrected chi connectivity index (χ4v) is 3.80. The fourth-order valence-electron chi connectivity index (χ4n) is 3.80. The molecular weight excluding hydrogens is 326 g/mol. The van der Waals surface area contributed by atoms with Crippen molar-refractivity contribution in [2.24, 2.45) is 0 Å². The molecule has 2 N–H and O–H groups in total. The summed E-state index contributed by atoms with van der Waals surface area (Å²) >= 11 is 0. The molecule has 0 radical (unpaired) electrons. The third kappa shape index (κ3) is 2.64. The van der Waals surface area contributed by atoms with Crippen molar-refractivity contribution < 1.29 is 9.59 Å². The highest BCUT2D eigenvalue weighted by Gasteiger charge is 2.42. The minimum Gasteiger partial charge on any atom is -0.362 e. The quantitative estimate of drug-likeness (QED) is 0.812. The molecule has 1 aromatic rings. The number of amides is 2. The number of imide groups is 1. The zero-order valence-electron chi connectivity index (χ0n) is 15.0. The van der Waals surface area contributed by atoms with E-state index in [0.717, 1.165) is 36.3 Å². The van der Waals surface area contributed by atoms with Crippen LogP contribution >= 0.6 is 0 Å². The molecule has 1 unspecified atom stereocenters. The van der Waals surface area contributed by atoms with Crippen molar-refractivity contribution in [3.8, 4) is 0 Å². The zero-order chi connectivity index (χ0) is 18.4. The Kier molecular flexibility index (Phi) is 3.94. The molecule has 2 amide bonds. The molecule has 1 aromatic carbocycles. The molecule has 0 aromatic heterocycles. The summed E-state index contributed by atoms with van der Waals surface area (Å²) in [4.78, 5) is 27.1. The Labute approximate surface area is 153 Å². The van der Waals surface area contributed by atoms with Gasteiger partial charge in [-0.25, -0.2) is 0 Å². The first-order valence-corrected chi connectivity index (χ1v) is 9.07. The first-order valence-electron chi connectivity index (χ1n) is 9.07. The minimum absolute atomic E-state index is 0.244. The van der Waals surface area contributed by atoms with Gasteiger partial charge >= 0.3 is 0 Å². The fraction of sp³-hybridized carbons (Fsp3) is 0.333. The predicted molar refractivity (Wildman–Crippen MR) is 102 cm³/mol. The number of hydrogen-bond donors (Lipinski definition) is 2. The van der Waals surface area contributed by atoms with E-state index in [9.17, 15) is 9.59 Å². The Morgan fingerprint density at radius 2 is 1.88 bits per heavy atom. The molecule has 5 heteroatoms. The maximum atomic E-state index is 12.9. The van der Waals surface area contributed by atoms with Crippen molar-refractivity contribution in [3.05, 3.63) is 65.1 Å². The molecule has 5 nitrogen and oxygen atoms in total. The van der Waals surface area contributed by atoms with E-state index in [1.54, 1.807) is 12.1 Å². The van der Waals surface area contributed by atoms with Crippen LogP contribution < -0.4 is 10.6 Å². The molecule has 1 aliphatic carbocycles. The summed E-state index contributed by atoms with van der Waals surface area (Å²) < 4.78 is 0. The number of piperidine rings is 1. The van der Waals surface area contributed by atoms with E-state index in [0.29, 0.717) is 23.2 Å². The van der Waals surface area contributed by atoms with E-state index in [2.05, 4.69) is 30.7 Å². The van der Waals surface area contributed by atoms with Crippen LogP contribution in [0.1, 0.15) is 59.7 Å². The molecule has 2 aliphatic heterocycles. The third-order valence-electron chi connectivity index (χ3n) is 5.51. The summed E-state index contributed by atoms with van der Waals surface area (Å²) in [6.07, 6.45) is 4.89. The Balaban J connectivity index is 1.60. The second-order valence-corrected chi connectivity index (χ2v) is 7.26. The molecule has 2 fully saturated rings. The molecule has 2 heterocycles. The highest BCUT2D eigenvalue weighted by Crippen LogP contribution is 2.33. The van der Waals surface area contributed by atoms with Gasteiger partial charge in [-0.2, -0.15) is 0 Å². The number of nitrogens with zero attached hydrogens (tertiary/aromatic N) is 1. The van der Waals surface area contributed by atoms with E-state index >= 15 is 0 Å². The normalized spacial score (nSPS) is 22.1. The number of benzene rings is 1. The minimum atomic E-state index is -0.330. The van der Waals surface area contributed by atoms with Crippen LogP contribution in [0.5, 0.6) is 0 Å². The summed E-state index contributed by atoms with van der Waals surface area (Å²) in [6.45, 7) is 9.93. The summed E-state index contributed by atoms with van der Waals surface area (Å²) in [7, 11) is 0. The Morgan fingerprint density at radius 1 is 1.15 bits per heavy atom. The smallest absolute Gasteiger partial charge is 0.262 e. The lowest BCUT2D eigenvalue weighted by molar-refractivity contribution is 0.0592. The van der Waals surface area contributed by atoms with E-state index in [1.165, 1.54) is 16.9 Å². The Bertz CT molecular complexity index is 875. The van der Waals surface area contributed by atoms with Gasteiger partial charge in [0.15, 0.2) is 0 Å². The van der Waals surface area contributed by atoms with Crippen LogP contribution in [-0.4, -0.2) is 22.8 Å². The van der Waals surface area contributed by atoms with E-state index in [-0.39, 0.29) is 17.9 Å². The van der Waals surface area contributed by atoms with Crippen molar-refractivity contribution in [3.63, 3.8) is 0 Å². The molecule has 1 saturated heterocycles. The van der Waals surface area contributed by atoms with Gasteiger partial charge in [0.2, 0.25) is 0 Å². The number of allylic oxidation sites excluding steroid dienone is 3. The number of rotatable bonds is 3. The second kappa shape index (κ2) is 6.16. The number of hydrogen-bond acceptors (Lipinski definition) is 4. The molecule has 1 saturated carbocycles. The molecule has 134 valence electrons. The topological polar surface area (TPSA) is 61.4 Å². The van der Waals surface area contributed by atoms with Crippen LogP contribution in [0.2, 0.25) is 0 Å². The van der Waals surface area contributed by atoms with Gasteiger partial charge in [0.05, 0.1) is 17.2 Å². The largest absolute Gasteiger partial charge is 0.362 e. The van der Waals surface area contributed by atoms with Crippen LogP contribution in [0, 0.1) is 0 Å². The highest BCUT2D eigenvalue weighted by molar-refractivity contribution is 6.22. The molecule has 1 atom stereocenters. The standard InChI is InChI=1S/C21H23N3O2/c1-12-7-10-19(14(3)22-12)24-20(25)17-9-8-16(11-18(17)21(24)26)23-13(2)15-5-4-6-15/h8-9,11,19,22-23H,1,3-7,10H2,2H3. The molecule has 0 bridgehead atoms. The van der Waals surface area contributed by atoms with Gasteiger partial charge in [-0.1, -0.05) is 18.7 Å². The van der Waals surface area contributed by atoms with Gasteiger partial charge in [-0.05, 0) is 57.2 Å². The number of carbonyl (C=O) groups excluding carboxylic acids is 2. The first kappa shape index (κ1) is 16.6. The average molecular weight is 349 g/mol. The molecule has 3 aliphatic rings. The lowest BCUT2D eigenvalue weighted by Crippen LogP contribution is -2.46. The van der Waals surface area contributed by atoms with Crippen LogP contribution in [0.4, 0.5) is 5.69 Å². The summed E-state index contributed by atoms with van der Waals surface area (Å²) in [6, 6.07) is 5.07. The average Bonchev–Trinajstić information content (AvgIpc) is 2.77. The number of carbonyl (C=O) groups is 2. The second-order valence-electron chi connectivity index (χ2n) is 7.26. The molecule has 26 heavy (non-hydrogen) atoms. The Morgan fingerprint density at radius 3 is 2.54 bits per heavy atom. The monoisotopic (exact) mass is 349 g/mol. The highest BCUT2D eigenvalue weighted by atomic mass is 16.2. The van der Waals surface area contributed by atoms with Crippen molar-refractivity contribution in [2.45, 2.75) is 45.1 Å². The van der Waals surface area contributed by atoms with Crippen LogP contribution in [-0.2, 0) is 0 Å². The summed E-state index contributed by atoms with van der Waals surface area (Å²) in [5.74, 6) is -0.492. The molecular formula is C21H23N3O2. The van der Waals surface area contributed by atoms with Crippen LogP contribution in [0.25, 0.3) is 0 Å². The number of anilines is 1. The van der Waals surface area contributed by atoms with Crippen molar-refractivity contribution in [1.82, 2.24) is 10.2 Å². The summed E-state index contributed by atoms with van der Waals surface area (Å²) in [5.41, 5.74) is 5.87. The van der Waals surface area contributed by atoms with Crippen molar-refractivity contribution in [2.75, 3.05) is 5.32 Å². The first-order chi connectivity index (χ1) is 12.5. The third-order valence-corrected chi connectivity index (χ3v) is 5.51. The van der Waals surface area contributed by atoms with Gasteiger partial charge in [0, 0.05) is 22.8 Å². The van der Waals surface area contributed by atoms with Gasteiger partial charge in [0.25, 0.3) is 11.8 Å². The van der Waals surface area contributed by atoms with Gasteiger partial charge in [-0.3, -0.25) is 14.5 Å². The number of fused-ring (bicyclic) bond motifs is 1. The molecule has 0 spiro atoms. The Hall–Kier alpha value is -2.82. The lowest BCUT2D eigenvalue weighted by atomic mass is 9.91. The SMILES string of the molecule is C=C1CCC(N2C(=O)c3ccc(NC(C)=C4CCC4)cc3C2=O)C(=C)N1. The van der Waals surface area contributed by atoms with Gasteiger partial charge in [0.1, 0.15) is 0 Å². The predicted octanol–water partition coefficient (Wildman–Crippen LogP) is 3.93. The van der Waals surface area contributed by atoms with E-state index < -0.39 is 0 Å². The molecule has 4 rings (SSSR count). The van der Waals surface area contributed by atoms with Crippen LogP contribution in [0.15, 0.2) is 54.0 Å². The van der Waals surface area contributed by atoms with Gasteiger partial charge < -0.3 is 10.6 Å². The van der Waals surface area contributed by atoms with Crippen molar-refractivity contribution >= 4 is 17.5 Å². The lowest BCUT2D eigenvalue weighted by Gasteiger charge is -2.33. The van der Waals surface area contributed by atoms with E-state index in [4.69, 9.17) is 0 Å². The maximum absolute atomic E-state index is 12.9. The summed E-state index contributed by atoms with van der Waals surface area (Å²) in [5, 5.41) is 6.46. The van der Waals surface area contributed by atoms with E-state index in [1.807, 2.05) is 6.07 Å². The zero-order valence-corrected chi connectivity index (χ0v) is 15.0. The van der Waals surface area contributed by atoms with Crippen molar-refractivity contribution in [1.29, 1.82) is 0 Å².